The SMILES string of the molecule is O=C(NCC1CCN(C2CC2)C1)c1cc(C(F)(F)F)cc(C(F)(F)F)c1. The summed E-state index contributed by atoms with van der Waals surface area (Å²) in [6.07, 6.45) is -6.76. The molecule has 1 saturated heterocycles. The molecule has 2 aliphatic rings. The summed E-state index contributed by atoms with van der Waals surface area (Å²) in [4.78, 5) is 14.4. The normalized spacial score (nSPS) is 21.8. The van der Waals surface area contributed by atoms with Crippen LogP contribution in [0.15, 0.2) is 18.2 Å². The zero-order chi connectivity index (χ0) is 19.1. The first-order chi connectivity index (χ1) is 12.0. The molecule has 1 aliphatic heterocycles. The number of benzene rings is 1. The highest BCUT2D eigenvalue weighted by atomic mass is 19.4. The van der Waals surface area contributed by atoms with Crippen LogP contribution in [0.5, 0.6) is 0 Å². The Kier molecular flexibility index (Phi) is 4.94. The molecule has 0 spiro atoms. The standard InChI is InChI=1S/C17H18F6N2O/c18-16(19,20)12-5-11(6-13(7-12)17(21,22)23)15(26)24-8-10-3-4-25(9-10)14-1-2-14/h5-7,10,14H,1-4,8-9H2,(H,24,26). The molecule has 0 bridgehead atoms. The largest absolute Gasteiger partial charge is 0.416 e. The number of carbonyl (C=O) groups is 1. The van der Waals surface area contributed by atoms with Crippen LogP contribution in [0.2, 0.25) is 0 Å². The summed E-state index contributed by atoms with van der Waals surface area (Å²) >= 11 is 0. The van der Waals surface area contributed by atoms with Crippen molar-refractivity contribution in [2.24, 2.45) is 5.92 Å². The van der Waals surface area contributed by atoms with Gasteiger partial charge in [-0.2, -0.15) is 26.3 Å². The van der Waals surface area contributed by atoms with E-state index < -0.39 is 35.0 Å². The Labute approximate surface area is 146 Å². The number of nitrogens with one attached hydrogen (secondary N) is 1. The van der Waals surface area contributed by atoms with Crippen LogP contribution < -0.4 is 5.32 Å². The molecule has 1 unspecified atom stereocenters. The number of rotatable bonds is 4. The number of likely N-dealkylation sites (tertiary alicyclic amines) is 1. The number of hydrogen-bond acceptors (Lipinski definition) is 2. The molecular weight excluding hydrogens is 362 g/mol. The van der Waals surface area contributed by atoms with Crippen LogP contribution in [0.25, 0.3) is 0 Å². The predicted molar refractivity (Wildman–Crippen MR) is 81.5 cm³/mol. The van der Waals surface area contributed by atoms with Gasteiger partial charge in [0.2, 0.25) is 0 Å². The van der Waals surface area contributed by atoms with Crippen LogP contribution in [0.1, 0.15) is 40.7 Å². The van der Waals surface area contributed by atoms with Crippen molar-refractivity contribution in [1.82, 2.24) is 10.2 Å². The van der Waals surface area contributed by atoms with Gasteiger partial charge in [-0.15, -0.1) is 0 Å². The van der Waals surface area contributed by atoms with Crippen LogP contribution in [0, 0.1) is 5.92 Å². The summed E-state index contributed by atoms with van der Waals surface area (Å²) in [5, 5.41) is 2.48. The van der Waals surface area contributed by atoms with E-state index in [1.54, 1.807) is 0 Å². The summed E-state index contributed by atoms with van der Waals surface area (Å²) in [5.74, 6) is -0.765. The second-order valence-corrected chi connectivity index (χ2v) is 6.89. The van der Waals surface area contributed by atoms with Gasteiger partial charge in [0.1, 0.15) is 0 Å². The average Bonchev–Trinajstić information content (AvgIpc) is 3.29. The summed E-state index contributed by atoms with van der Waals surface area (Å²) in [6, 6.07) is 1.51. The lowest BCUT2D eigenvalue weighted by molar-refractivity contribution is -0.143. The highest BCUT2D eigenvalue weighted by Crippen LogP contribution is 2.36. The maximum atomic E-state index is 12.9. The van der Waals surface area contributed by atoms with Gasteiger partial charge in [0, 0.05) is 24.7 Å². The molecule has 0 radical (unpaired) electrons. The van der Waals surface area contributed by atoms with Crippen molar-refractivity contribution in [3.05, 3.63) is 34.9 Å². The Balaban J connectivity index is 1.69. The Morgan fingerprint density at radius 2 is 1.58 bits per heavy atom. The third kappa shape index (κ3) is 4.49. The maximum Gasteiger partial charge on any atom is 0.416 e. The molecule has 144 valence electrons. The Morgan fingerprint density at radius 3 is 2.08 bits per heavy atom. The smallest absolute Gasteiger partial charge is 0.352 e. The van der Waals surface area contributed by atoms with Gasteiger partial charge in [-0.3, -0.25) is 4.79 Å². The molecule has 1 aromatic rings. The number of alkyl halides is 6. The molecule has 1 heterocycles. The van der Waals surface area contributed by atoms with Crippen LogP contribution in [0.4, 0.5) is 26.3 Å². The van der Waals surface area contributed by atoms with E-state index in [0.717, 1.165) is 32.4 Å². The number of carbonyl (C=O) groups excluding carboxylic acids is 1. The molecule has 3 rings (SSSR count). The summed E-state index contributed by atoms with van der Waals surface area (Å²) < 4.78 is 77.1. The minimum Gasteiger partial charge on any atom is -0.352 e. The summed E-state index contributed by atoms with van der Waals surface area (Å²) in [5.41, 5.74) is -3.61. The molecule has 0 aromatic heterocycles. The monoisotopic (exact) mass is 380 g/mol. The fourth-order valence-corrected chi connectivity index (χ4v) is 3.23. The first kappa shape index (κ1) is 19.0. The Hall–Kier alpha value is -1.77. The first-order valence-electron chi connectivity index (χ1n) is 8.36. The molecule has 1 aliphatic carbocycles. The average molecular weight is 380 g/mol. The van der Waals surface area contributed by atoms with Crippen molar-refractivity contribution in [2.75, 3.05) is 19.6 Å². The van der Waals surface area contributed by atoms with Crippen LogP contribution >= 0.6 is 0 Å². The number of halogens is 6. The Morgan fingerprint density at radius 1 is 1.00 bits per heavy atom. The highest BCUT2D eigenvalue weighted by molar-refractivity contribution is 5.94. The van der Waals surface area contributed by atoms with Crippen molar-refractivity contribution >= 4 is 5.91 Å². The fraction of sp³-hybridized carbons (Fsp3) is 0.588. The van der Waals surface area contributed by atoms with Gasteiger partial charge in [0.15, 0.2) is 0 Å². The van der Waals surface area contributed by atoms with E-state index in [-0.39, 0.29) is 18.5 Å². The van der Waals surface area contributed by atoms with E-state index in [9.17, 15) is 31.1 Å². The number of hydrogen-bond donors (Lipinski definition) is 1. The van der Waals surface area contributed by atoms with Crippen molar-refractivity contribution in [3.63, 3.8) is 0 Å². The van der Waals surface area contributed by atoms with Crippen molar-refractivity contribution in [1.29, 1.82) is 0 Å². The highest BCUT2D eigenvalue weighted by Gasteiger charge is 2.38. The molecule has 1 amide bonds. The molecule has 9 heteroatoms. The lowest BCUT2D eigenvalue weighted by atomic mass is 10.0. The van der Waals surface area contributed by atoms with Gasteiger partial charge >= 0.3 is 12.4 Å². The van der Waals surface area contributed by atoms with E-state index in [4.69, 9.17) is 0 Å². The molecular formula is C17H18F6N2O. The second kappa shape index (κ2) is 6.75. The Bertz CT molecular complexity index is 649. The van der Waals surface area contributed by atoms with E-state index in [2.05, 4.69) is 10.2 Å². The van der Waals surface area contributed by atoms with Crippen molar-refractivity contribution in [3.8, 4) is 0 Å². The molecule has 3 nitrogen and oxygen atoms in total. The van der Waals surface area contributed by atoms with Gasteiger partial charge in [-0.05, 0) is 49.9 Å². The molecule has 1 N–H and O–H groups in total. The van der Waals surface area contributed by atoms with E-state index in [0.29, 0.717) is 18.2 Å². The molecule has 2 fully saturated rings. The zero-order valence-electron chi connectivity index (χ0n) is 13.8. The van der Waals surface area contributed by atoms with E-state index in [1.807, 2.05) is 0 Å². The fourth-order valence-electron chi connectivity index (χ4n) is 3.23. The van der Waals surface area contributed by atoms with Gasteiger partial charge in [-0.25, -0.2) is 0 Å². The summed E-state index contributed by atoms with van der Waals surface area (Å²) in [7, 11) is 0. The van der Waals surface area contributed by atoms with Crippen LogP contribution in [-0.4, -0.2) is 36.5 Å². The summed E-state index contributed by atoms with van der Waals surface area (Å²) in [6.45, 7) is 1.94. The van der Waals surface area contributed by atoms with E-state index in [1.165, 1.54) is 0 Å². The molecule has 1 atom stereocenters. The second-order valence-electron chi connectivity index (χ2n) is 6.89. The number of amides is 1. The minimum atomic E-state index is -4.97. The van der Waals surface area contributed by atoms with Crippen molar-refractivity contribution < 1.29 is 31.1 Å². The third-order valence-electron chi connectivity index (χ3n) is 4.78. The third-order valence-corrected chi connectivity index (χ3v) is 4.78. The van der Waals surface area contributed by atoms with E-state index >= 15 is 0 Å². The predicted octanol–water partition coefficient (Wildman–Crippen LogP) is 3.94. The van der Waals surface area contributed by atoms with Crippen LogP contribution in [0.3, 0.4) is 0 Å². The first-order valence-corrected chi connectivity index (χ1v) is 8.36. The van der Waals surface area contributed by atoms with Gasteiger partial charge in [-0.1, -0.05) is 0 Å². The minimum absolute atomic E-state index is 0.0151. The molecule has 1 saturated carbocycles. The topological polar surface area (TPSA) is 32.3 Å². The molecule has 1 aromatic carbocycles. The van der Waals surface area contributed by atoms with Gasteiger partial charge < -0.3 is 10.2 Å². The maximum absolute atomic E-state index is 12.9. The zero-order valence-corrected chi connectivity index (χ0v) is 13.8. The lowest BCUT2D eigenvalue weighted by Gasteiger charge is -2.16. The van der Waals surface area contributed by atoms with Gasteiger partial charge in [0.25, 0.3) is 5.91 Å². The lowest BCUT2D eigenvalue weighted by Crippen LogP contribution is -2.31. The quantitative estimate of drug-likeness (QED) is 0.803. The number of nitrogens with zero attached hydrogens (tertiary/aromatic N) is 1. The van der Waals surface area contributed by atoms with Crippen molar-refractivity contribution in [2.45, 2.75) is 37.7 Å². The van der Waals surface area contributed by atoms with Crippen LogP contribution in [-0.2, 0) is 12.4 Å². The van der Waals surface area contributed by atoms with Gasteiger partial charge in [0.05, 0.1) is 11.1 Å². The molecule has 26 heavy (non-hydrogen) atoms.